The lowest BCUT2D eigenvalue weighted by atomic mass is 9.98. The molecule has 0 saturated heterocycles. The SMILES string of the molecule is CC(C)(C)C#CCN1C(=O)C(=O)c2c(Cl)cccc21. The van der Waals surface area contributed by atoms with Crippen LogP contribution in [0.2, 0.25) is 5.02 Å². The molecule has 1 aliphatic rings. The van der Waals surface area contributed by atoms with Crippen molar-refractivity contribution in [1.82, 2.24) is 0 Å². The van der Waals surface area contributed by atoms with E-state index in [1.165, 1.54) is 4.90 Å². The van der Waals surface area contributed by atoms with Crippen LogP contribution in [0.3, 0.4) is 0 Å². The van der Waals surface area contributed by atoms with Crippen molar-refractivity contribution in [2.24, 2.45) is 5.41 Å². The summed E-state index contributed by atoms with van der Waals surface area (Å²) in [6.07, 6.45) is 0. The van der Waals surface area contributed by atoms with E-state index in [0.29, 0.717) is 10.7 Å². The number of hydrogen-bond acceptors (Lipinski definition) is 2. The molecule has 0 N–H and O–H groups in total. The van der Waals surface area contributed by atoms with Crippen molar-refractivity contribution < 1.29 is 9.59 Å². The molecule has 3 nitrogen and oxygen atoms in total. The molecule has 1 aromatic carbocycles. The fraction of sp³-hybridized carbons (Fsp3) is 0.333. The lowest BCUT2D eigenvalue weighted by molar-refractivity contribution is -0.114. The first-order valence-electron chi connectivity index (χ1n) is 5.96. The second-order valence-electron chi connectivity index (χ2n) is 5.41. The molecule has 4 heteroatoms. The van der Waals surface area contributed by atoms with Gasteiger partial charge in [0, 0.05) is 5.41 Å². The Kier molecular flexibility index (Phi) is 3.38. The molecule has 0 radical (unpaired) electrons. The minimum atomic E-state index is -0.564. The maximum absolute atomic E-state index is 11.9. The summed E-state index contributed by atoms with van der Waals surface area (Å²) in [7, 11) is 0. The summed E-state index contributed by atoms with van der Waals surface area (Å²) in [5.74, 6) is 4.86. The van der Waals surface area contributed by atoms with Crippen LogP contribution in [0.25, 0.3) is 0 Å². The minimum Gasteiger partial charge on any atom is -0.293 e. The molecule has 0 bridgehead atoms. The highest BCUT2D eigenvalue weighted by molar-refractivity contribution is 6.55. The maximum atomic E-state index is 11.9. The summed E-state index contributed by atoms with van der Waals surface area (Å²) in [6.45, 7) is 6.17. The van der Waals surface area contributed by atoms with E-state index < -0.39 is 11.7 Å². The third kappa shape index (κ3) is 2.64. The number of ketones is 1. The molecule has 1 amide bonds. The van der Waals surface area contributed by atoms with Gasteiger partial charge in [-0.2, -0.15) is 0 Å². The van der Waals surface area contributed by atoms with Crippen LogP contribution in [0.4, 0.5) is 5.69 Å². The zero-order chi connectivity index (χ0) is 14.2. The molecule has 0 saturated carbocycles. The number of fused-ring (bicyclic) bond motifs is 1. The van der Waals surface area contributed by atoms with Crippen molar-refractivity contribution in [3.63, 3.8) is 0 Å². The number of Topliss-reactive ketones (excluding diaryl/α,β-unsaturated/α-hetero) is 1. The predicted molar refractivity (Wildman–Crippen MR) is 75.4 cm³/mol. The summed E-state index contributed by atoms with van der Waals surface area (Å²) < 4.78 is 0. The van der Waals surface area contributed by atoms with Crippen molar-refractivity contribution in [2.75, 3.05) is 11.4 Å². The Morgan fingerprint density at radius 1 is 1.26 bits per heavy atom. The number of amides is 1. The summed E-state index contributed by atoms with van der Waals surface area (Å²) >= 11 is 5.97. The first-order valence-corrected chi connectivity index (χ1v) is 6.34. The Bertz CT molecular complexity index is 617. The monoisotopic (exact) mass is 275 g/mol. The van der Waals surface area contributed by atoms with Crippen LogP contribution in [-0.4, -0.2) is 18.2 Å². The van der Waals surface area contributed by atoms with Crippen molar-refractivity contribution >= 4 is 29.0 Å². The van der Waals surface area contributed by atoms with Gasteiger partial charge in [0.15, 0.2) is 0 Å². The zero-order valence-corrected chi connectivity index (χ0v) is 11.8. The molecule has 2 rings (SSSR count). The smallest absolute Gasteiger partial charge is 0.293 e. The Balaban J connectivity index is 2.34. The number of carbonyl (C=O) groups excluding carboxylic acids is 2. The van der Waals surface area contributed by atoms with E-state index in [2.05, 4.69) is 11.8 Å². The minimum absolute atomic E-state index is 0.135. The van der Waals surface area contributed by atoms with Crippen molar-refractivity contribution in [2.45, 2.75) is 20.8 Å². The largest absolute Gasteiger partial charge is 0.300 e. The highest BCUT2D eigenvalue weighted by atomic mass is 35.5. The standard InChI is InChI=1S/C15H14ClNO2/c1-15(2,3)8-5-9-17-11-7-4-6-10(16)12(11)13(18)14(17)19/h4,6-7H,9H2,1-3H3. The molecule has 0 atom stereocenters. The molecule has 19 heavy (non-hydrogen) atoms. The van der Waals surface area contributed by atoms with E-state index in [4.69, 9.17) is 11.6 Å². The quantitative estimate of drug-likeness (QED) is 0.584. The second-order valence-corrected chi connectivity index (χ2v) is 5.81. The number of rotatable bonds is 1. The van der Waals surface area contributed by atoms with E-state index in [9.17, 15) is 9.59 Å². The summed E-state index contributed by atoms with van der Waals surface area (Å²) in [5.41, 5.74) is 0.696. The summed E-state index contributed by atoms with van der Waals surface area (Å²) in [6, 6.07) is 5.04. The average Bonchev–Trinajstić information content (AvgIpc) is 2.54. The molecule has 98 valence electrons. The van der Waals surface area contributed by atoms with Gasteiger partial charge in [-0.05, 0) is 32.9 Å². The third-order valence-electron chi connectivity index (χ3n) is 2.65. The fourth-order valence-corrected chi connectivity index (χ4v) is 2.10. The number of hydrogen-bond donors (Lipinski definition) is 0. The third-order valence-corrected chi connectivity index (χ3v) is 2.96. The first kappa shape index (κ1) is 13.6. The van der Waals surface area contributed by atoms with E-state index in [1.54, 1.807) is 18.2 Å². The molecule has 0 fully saturated rings. The van der Waals surface area contributed by atoms with Crippen molar-refractivity contribution in [3.05, 3.63) is 28.8 Å². The van der Waals surface area contributed by atoms with Crippen LogP contribution in [0.1, 0.15) is 31.1 Å². The Hall–Kier alpha value is -1.79. The van der Waals surface area contributed by atoms with Gasteiger partial charge in [0.25, 0.3) is 11.7 Å². The van der Waals surface area contributed by atoms with E-state index >= 15 is 0 Å². The van der Waals surface area contributed by atoms with Gasteiger partial charge in [0.05, 0.1) is 22.8 Å². The van der Waals surface area contributed by atoms with Gasteiger partial charge in [-0.25, -0.2) is 0 Å². The van der Waals surface area contributed by atoms with E-state index in [0.717, 1.165) is 0 Å². The van der Waals surface area contributed by atoms with E-state index in [-0.39, 0.29) is 17.5 Å². The van der Waals surface area contributed by atoms with Crippen LogP contribution in [-0.2, 0) is 4.79 Å². The molecule has 0 aromatic heterocycles. The van der Waals surface area contributed by atoms with Crippen LogP contribution in [0, 0.1) is 17.3 Å². The number of anilines is 1. The second kappa shape index (κ2) is 4.71. The van der Waals surface area contributed by atoms with Crippen LogP contribution in [0.15, 0.2) is 18.2 Å². The van der Waals surface area contributed by atoms with Gasteiger partial charge in [0.1, 0.15) is 0 Å². The fourth-order valence-electron chi connectivity index (χ4n) is 1.84. The Morgan fingerprint density at radius 3 is 2.58 bits per heavy atom. The predicted octanol–water partition coefficient (Wildman–Crippen LogP) is 2.92. The molecule has 1 aliphatic heterocycles. The molecule has 0 unspecified atom stereocenters. The van der Waals surface area contributed by atoms with Crippen LogP contribution in [0.5, 0.6) is 0 Å². The average molecular weight is 276 g/mol. The van der Waals surface area contributed by atoms with E-state index in [1.807, 2.05) is 20.8 Å². The van der Waals surface area contributed by atoms with Gasteiger partial charge in [-0.1, -0.05) is 29.5 Å². The highest BCUT2D eigenvalue weighted by Crippen LogP contribution is 2.33. The molecular weight excluding hydrogens is 262 g/mol. The van der Waals surface area contributed by atoms with Gasteiger partial charge in [0.2, 0.25) is 0 Å². The number of benzene rings is 1. The summed E-state index contributed by atoms with van der Waals surface area (Å²) in [4.78, 5) is 25.2. The Labute approximate surface area is 117 Å². The zero-order valence-electron chi connectivity index (χ0n) is 11.1. The molecule has 0 spiro atoms. The Morgan fingerprint density at radius 2 is 1.95 bits per heavy atom. The van der Waals surface area contributed by atoms with Gasteiger partial charge >= 0.3 is 0 Å². The number of carbonyl (C=O) groups is 2. The molecular formula is C15H14ClNO2. The number of nitrogens with zero attached hydrogens (tertiary/aromatic N) is 1. The van der Waals surface area contributed by atoms with Crippen molar-refractivity contribution in [1.29, 1.82) is 0 Å². The number of halogens is 1. The molecule has 1 aromatic rings. The first-order chi connectivity index (χ1) is 8.81. The van der Waals surface area contributed by atoms with Gasteiger partial charge in [-0.15, -0.1) is 0 Å². The van der Waals surface area contributed by atoms with Crippen molar-refractivity contribution in [3.8, 4) is 11.8 Å². The molecule has 0 aliphatic carbocycles. The van der Waals surface area contributed by atoms with Crippen LogP contribution >= 0.6 is 11.6 Å². The van der Waals surface area contributed by atoms with Crippen LogP contribution < -0.4 is 4.90 Å². The van der Waals surface area contributed by atoms with Gasteiger partial charge < -0.3 is 0 Å². The lowest BCUT2D eigenvalue weighted by Crippen LogP contribution is -2.30. The summed E-state index contributed by atoms with van der Waals surface area (Å²) in [5, 5.41) is 0.308. The highest BCUT2D eigenvalue weighted by Gasteiger charge is 2.36. The van der Waals surface area contributed by atoms with Gasteiger partial charge in [-0.3, -0.25) is 14.5 Å². The molecule has 1 heterocycles. The normalized spacial score (nSPS) is 14.2. The lowest BCUT2D eigenvalue weighted by Gasteiger charge is -2.13. The topological polar surface area (TPSA) is 37.4 Å². The maximum Gasteiger partial charge on any atom is 0.300 e.